The van der Waals surface area contributed by atoms with Gasteiger partial charge in [-0.25, -0.2) is 0 Å². The molecule has 180 valence electrons. The van der Waals surface area contributed by atoms with Crippen LogP contribution < -0.4 is 0 Å². The van der Waals surface area contributed by atoms with Crippen molar-refractivity contribution < 1.29 is 29.0 Å². The van der Waals surface area contributed by atoms with E-state index in [9.17, 15) is 0 Å². The van der Waals surface area contributed by atoms with Gasteiger partial charge in [0, 0.05) is 0 Å². The molecule has 0 aliphatic heterocycles. The van der Waals surface area contributed by atoms with Crippen LogP contribution in [0.25, 0.3) is 0 Å². The van der Waals surface area contributed by atoms with Crippen molar-refractivity contribution in [3.8, 4) is 0 Å². The van der Waals surface area contributed by atoms with Crippen LogP contribution in [0.5, 0.6) is 0 Å². The van der Waals surface area contributed by atoms with Gasteiger partial charge in [-0.05, 0) is 6.42 Å². The first-order valence-electron chi connectivity index (χ1n) is 12.0. The molecule has 0 unspecified atom stereocenters. The topological polar surface area (TPSA) is 52.4 Å². The molecule has 0 aliphatic carbocycles. The Morgan fingerprint density at radius 1 is 0.567 bits per heavy atom. The molecule has 7 nitrogen and oxygen atoms in total. The van der Waals surface area contributed by atoms with Gasteiger partial charge >= 0.3 is 6.02 Å². The monoisotopic (exact) mass is 433 g/mol. The second kappa shape index (κ2) is 22.5. The van der Waals surface area contributed by atoms with E-state index >= 15 is 0 Å². The predicted molar refractivity (Wildman–Crippen MR) is 121 cm³/mol. The normalized spacial score (nSPS) is 10.7. The average molecular weight is 434 g/mol. The Morgan fingerprint density at radius 2 is 0.933 bits per heavy atom. The second-order valence-electron chi connectivity index (χ2n) is 7.68. The largest absolute Gasteiger partial charge is 0.593 e. The number of amidine groups is 1. The first-order valence-corrected chi connectivity index (χ1v) is 12.0. The van der Waals surface area contributed by atoms with Gasteiger partial charge in [0.2, 0.25) is 0 Å². The Balaban J connectivity index is 3.57. The molecule has 0 rings (SSSR count). The summed E-state index contributed by atoms with van der Waals surface area (Å²) >= 11 is 0. The van der Waals surface area contributed by atoms with Gasteiger partial charge in [-0.2, -0.15) is 9.68 Å². The van der Waals surface area contributed by atoms with E-state index in [0.29, 0.717) is 6.61 Å². The third kappa shape index (κ3) is 15.6. The van der Waals surface area contributed by atoms with Crippen molar-refractivity contribution in [1.82, 2.24) is 5.23 Å². The van der Waals surface area contributed by atoms with Gasteiger partial charge in [0.25, 0.3) is 0 Å². The van der Waals surface area contributed by atoms with Crippen molar-refractivity contribution in [2.24, 2.45) is 0 Å². The summed E-state index contributed by atoms with van der Waals surface area (Å²) in [7, 11) is 5.91. The van der Waals surface area contributed by atoms with Crippen molar-refractivity contribution >= 4 is 6.02 Å². The molecule has 0 heterocycles. The minimum absolute atomic E-state index is 0.200. The Bertz CT molecular complexity index is 384. The van der Waals surface area contributed by atoms with Crippen LogP contribution in [0.15, 0.2) is 0 Å². The lowest BCUT2D eigenvalue weighted by Crippen LogP contribution is -2.38. The number of nitrogens with zero attached hydrogens (tertiary/aromatic N) is 2. The molecule has 0 aromatic heterocycles. The SMILES string of the molecule is CCCCCCCCCCCCCCCCCCOC(N(OC)OC)=[N+](OC)OC. The zero-order chi connectivity index (χ0) is 22.3. The summed E-state index contributed by atoms with van der Waals surface area (Å²) in [5.74, 6) is 0. The van der Waals surface area contributed by atoms with Gasteiger partial charge in [0.05, 0.1) is 26.1 Å². The summed E-state index contributed by atoms with van der Waals surface area (Å²) in [6, 6.07) is 0.200. The lowest BCUT2D eigenvalue weighted by molar-refractivity contribution is -0.965. The van der Waals surface area contributed by atoms with E-state index < -0.39 is 0 Å². The van der Waals surface area contributed by atoms with Crippen LogP contribution >= 0.6 is 0 Å². The van der Waals surface area contributed by atoms with Crippen molar-refractivity contribution in [1.29, 1.82) is 0 Å². The first kappa shape index (κ1) is 28.8. The third-order valence-electron chi connectivity index (χ3n) is 5.20. The zero-order valence-corrected chi connectivity index (χ0v) is 20.5. The quantitative estimate of drug-likeness (QED) is 0.0932. The minimum Gasteiger partial charge on any atom is -0.422 e. The lowest BCUT2D eigenvalue weighted by Gasteiger charge is -2.12. The average Bonchev–Trinajstić information content (AvgIpc) is 2.77. The number of rotatable bonds is 21. The molecular formula is C23H49N2O5+. The van der Waals surface area contributed by atoms with Crippen LogP contribution in [-0.4, -0.2) is 51.2 Å². The van der Waals surface area contributed by atoms with Crippen LogP contribution in [0.3, 0.4) is 0 Å². The fraction of sp³-hybridized carbons (Fsp3) is 0.957. The number of hydrogen-bond donors (Lipinski definition) is 0. The summed E-state index contributed by atoms with van der Waals surface area (Å²) in [6.07, 6.45) is 21.5. The van der Waals surface area contributed by atoms with E-state index in [0.717, 1.165) is 23.0 Å². The lowest BCUT2D eigenvalue weighted by atomic mass is 10.0. The highest BCUT2D eigenvalue weighted by Crippen LogP contribution is 2.13. The second-order valence-corrected chi connectivity index (χ2v) is 7.68. The third-order valence-corrected chi connectivity index (χ3v) is 5.20. The van der Waals surface area contributed by atoms with Gasteiger partial charge in [0.15, 0.2) is 4.90 Å². The molecule has 0 atom stereocenters. The molecule has 0 saturated heterocycles. The molecule has 0 radical (unpaired) electrons. The fourth-order valence-electron chi connectivity index (χ4n) is 3.45. The molecule has 7 heteroatoms. The van der Waals surface area contributed by atoms with Crippen molar-refractivity contribution in [2.75, 3.05) is 35.0 Å². The summed E-state index contributed by atoms with van der Waals surface area (Å²) in [6.45, 7) is 2.82. The summed E-state index contributed by atoms with van der Waals surface area (Å²) in [5, 5.41) is 1.10. The number of hydrogen-bond acceptors (Lipinski definition) is 5. The molecule has 0 fully saturated rings. The molecular weight excluding hydrogens is 384 g/mol. The maximum absolute atomic E-state index is 5.72. The van der Waals surface area contributed by atoms with Crippen LogP contribution in [0.4, 0.5) is 0 Å². The highest BCUT2D eigenvalue weighted by atomic mass is 17.0. The van der Waals surface area contributed by atoms with E-state index in [4.69, 9.17) is 24.1 Å². The summed E-state index contributed by atoms with van der Waals surface area (Å²) in [5.41, 5.74) is 0. The Hall–Kier alpha value is -1.21. The highest BCUT2D eigenvalue weighted by molar-refractivity contribution is 5.65. The standard InChI is InChI=1S/C23H49N2O5/c1-6-7-8-9-10-11-12-13-14-15-16-17-18-19-20-21-22-30-23(24(26-2)27-3)25(28-4)29-5/h6-22H2,1-5H3/q+1. The van der Waals surface area contributed by atoms with Crippen LogP contribution in [0.2, 0.25) is 0 Å². The van der Waals surface area contributed by atoms with Crippen molar-refractivity contribution in [2.45, 2.75) is 110 Å². The van der Waals surface area contributed by atoms with Gasteiger partial charge < -0.3 is 14.4 Å². The van der Waals surface area contributed by atoms with Crippen LogP contribution in [0, 0.1) is 0 Å². The zero-order valence-electron chi connectivity index (χ0n) is 20.5. The van der Waals surface area contributed by atoms with Gasteiger partial charge in [-0.3, -0.25) is 0 Å². The fourth-order valence-corrected chi connectivity index (χ4v) is 3.45. The molecule has 0 bridgehead atoms. The molecule has 0 N–H and O–H groups in total. The number of unbranched alkanes of at least 4 members (excludes halogenated alkanes) is 15. The van der Waals surface area contributed by atoms with E-state index in [-0.39, 0.29) is 6.02 Å². The molecule has 0 saturated carbocycles. The molecule has 0 aromatic carbocycles. The maximum atomic E-state index is 5.72. The molecule has 0 spiro atoms. The first-order chi connectivity index (χ1) is 14.7. The van der Waals surface area contributed by atoms with Crippen LogP contribution in [-0.2, 0) is 24.1 Å². The smallest absolute Gasteiger partial charge is 0.422 e. The molecule has 0 amide bonds. The van der Waals surface area contributed by atoms with Crippen molar-refractivity contribution in [3.63, 3.8) is 0 Å². The number of ether oxygens (including phenoxy) is 1. The Morgan fingerprint density at radius 3 is 1.27 bits per heavy atom. The molecule has 0 aromatic rings. The predicted octanol–water partition coefficient (Wildman–Crippen LogP) is 6.18. The maximum Gasteiger partial charge on any atom is 0.593 e. The Labute approximate surface area is 185 Å². The van der Waals surface area contributed by atoms with E-state index in [1.54, 1.807) is 0 Å². The highest BCUT2D eigenvalue weighted by Gasteiger charge is 2.31. The van der Waals surface area contributed by atoms with E-state index in [1.807, 2.05) is 0 Å². The Kier molecular flexibility index (Phi) is 21.6. The summed E-state index contributed by atoms with van der Waals surface area (Å²) < 4.78 is 5.72. The van der Waals surface area contributed by atoms with Gasteiger partial charge in [-0.1, -0.05) is 103 Å². The molecule has 30 heavy (non-hydrogen) atoms. The minimum atomic E-state index is 0.200. The van der Waals surface area contributed by atoms with Gasteiger partial charge in [-0.15, -0.1) is 0 Å². The van der Waals surface area contributed by atoms with E-state index in [2.05, 4.69) is 6.92 Å². The summed E-state index contributed by atoms with van der Waals surface area (Å²) in [4.78, 5) is 21.4. The van der Waals surface area contributed by atoms with E-state index in [1.165, 1.54) is 118 Å². The van der Waals surface area contributed by atoms with Gasteiger partial charge in [0.1, 0.15) is 14.2 Å². The number of hydroxylamine groups is 2. The van der Waals surface area contributed by atoms with Crippen LogP contribution in [0.1, 0.15) is 110 Å². The molecule has 0 aliphatic rings. The van der Waals surface area contributed by atoms with Crippen molar-refractivity contribution in [3.05, 3.63) is 0 Å².